The Morgan fingerprint density at radius 1 is 1.25 bits per heavy atom. The van der Waals surface area contributed by atoms with Crippen molar-refractivity contribution in [3.63, 3.8) is 0 Å². The first kappa shape index (κ1) is 11.8. The van der Waals surface area contributed by atoms with Gasteiger partial charge in [-0.25, -0.2) is 4.98 Å². The fourth-order valence-electron chi connectivity index (χ4n) is 1.63. The van der Waals surface area contributed by atoms with Gasteiger partial charge in [0.15, 0.2) is 0 Å². The van der Waals surface area contributed by atoms with Crippen LogP contribution in [0.2, 0.25) is 0 Å². The molecule has 0 aliphatic heterocycles. The van der Waals surface area contributed by atoms with E-state index in [0.717, 1.165) is 10.7 Å². The third-order valence-corrected chi connectivity index (χ3v) is 4.98. The van der Waals surface area contributed by atoms with Crippen LogP contribution in [0.15, 0.2) is 12.1 Å². The van der Waals surface area contributed by atoms with Gasteiger partial charge < -0.3 is 5.73 Å². The van der Waals surface area contributed by atoms with Crippen LogP contribution in [-0.4, -0.2) is 11.5 Å². The highest BCUT2D eigenvalue weighted by Gasteiger charge is 2.18. The van der Waals surface area contributed by atoms with Crippen LogP contribution in [0, 0.1) is 20.8 Å². The SMILES string of the molecule is Cc1ccc(C(CN)c2nc(C)c(C)s2)s1. The van der Waals surface area contributed by atoms with Crippen LogP contribution in [-0.2, 0) is 0 Å². The number of nitrogens with zero attached hydrogens (tertiary/aromatic N) is 1. The molecule has 0 saturated carbocycles. The van der Waals surface area contributed by atoms with Crippen molar-refractivity contribution in [1.29, 1.82) is 0 Å². The lowest BCUT2D eigenvalue weighted by Gasteiger charge is -2.08. The Morgan fingerprint density at radius 3 is 2.44 bits per heavy atom. The largest absolute Gasteiger partial charge is 0.329 e. The fourth-order valence-corrected chi connectivity index (χ4v) is 3.75. The molecule has 2 nitrogen and oxygen atoms in total. The van der Waals surface area contributed by atoms with Crippen molar-refractivity contribution in [2.45, 2.75) is 26.7 Å². The molecule has 2 aromatic rings. The van der Waals surface area contributed by atoms with Crippen molar-refractivity contribution in [2.75, 3.05) is 6.54 Å². The second-order valence-corrected chi connectivity index (χ2v) is 6.48. The van der Waals surface area contributed by atoms with E-state index in [-0.39, 0.29) is 5.92 Å². The number of thiazole rings is 1. The Hall–Kier alpha value is -0.710. The fraction of sp³-hybridized carbons (Fsp3) is 0.417. The van der Waals surface area contributed by atoms with Gasteiger partial charge in [-0.05, 0) is 32.9 Å². The molecule has 1 atom stereocenters. The molecule has 0 amide bonds. The van der Waals surface area contributed by atoms with Crippen molar-refractivity contribution < 1.29 is 0 Å². The Labute approximate surface area is 104 Å². The number of nitrogens with two attached hydrogens (primary N) is 1. The zero-order chi connectivity index (χ0) is 11.7. The molecule has 0 aliphatic carbocycles. The minimum atomic E-state index is 0.274. The number of aryl methyl sites for hydroxylation is 3. The van der Waals surface area contributed by atoms with Gasteiger partial charge in [-0.15, -0.1) is 22.7 Å². The van der Waals surface area contributed by atoms with Crippen LogP contribution >= 0.6 is 22.7 Å². The quantitative estimate of drug-likeness (QED) is 0.911. The Balaban J connectivity index is 2.36. The van der Waals surface area contributed by atoms with Gasteiger partial charge in [0.25, 0.3) is 0 Å². The molecule has 0 aliphatic rings. The minimum absolute atomic E-state index is 0.274. The van der Waals surface area contributed by atoms with E-state index >= 15 is 0 Å². The van der Waals surface area contributed by atoms with Gasteiger partial charge in [0.2, 0.25) is 0 Å². The summed E-state index contributed by atoms with van der Waals surface area (Å²) in [4.78, 5) is 8.56. The molecule has 0 bridgehead atoms. The lowest BCUT2D eigenvalue weighted by Crippen LogP contribution is -2.12. The van der Waals surface area contributed by atoms with Crippen LogP contribution < -0.4 is 5.73 Å². The average Bonchev–Trinajstić information content (AvgIpc) is 2.77. The summed E-state index contributed by atoms with van der Waals surface area (Å²) >= 11 is 3.58. The number of thiophene rings is 1. The van der Waals surface area contributed by atoms with Gasteiger partial charge in [0.05, 0.1) is 11.6 Å². The highest BCUT2D eigenvalue weighted by atomic mass is 32.1. The van der Waals surface area contributed by atoms with Crippen molar-refractivity contribution in [2.24, 2.45) is 5.73 Å². The molecule has 4 heteroatoms. The molecular weight excluding hydrogens is 236 g/mol. The third kappa shape index (κ3) is 2.19. The molecule has 0 aromatic carbocycles. The number of hydrogen-bond acceptors (Lipinski definition) is 4. The van der Waals surface area contributed by atoms with E-state index < -0.39 is 0 Å². The summed E-state index contributed by atoms with van der Waals surface area (Å²) < 4.78 is 0. The summed E-state index contributed by atoms with van der Waals surface area (Å²) in [6, 6.07) is 4.32. The lowest BCUT2D eigenvalue weighted by molar-refractivity contribution is 0.821. The molecule has 0 radical (unpaired) electrons. The summed E-state index contributed by atoms with van der Waals surface area (Å²) in [5.41, 5.74) is 7.01. The monoisotopic (exact) mass is 252 g/mol. The molecule has 1 unspecified atom stereocenters. The van der Waals surface area contributed by atoms with E-state index in [1.54, 1.807) is 11.3 Å². The van der Waals surface area contributed by atoms with Crippen LogP contribution in [0.5, 0.6) is 0 Å². The normalized spacial score (nSPS) is 13.0. The van der Waals surface area contributed by atoms with E-state index in [9.17, 15) is 0 Å². The predicted molar refractivity (Wildman–Crippen MR) is 71.5 cm³/mol. The summed E-state index contributed by atoms with van der Waals surface area (Å²) in [6.45, 7) is 6.93. The zero-order valence-electron chi connectivity index (χ0n) is 9.78. The van der Waals surface area contributed by atoms with E-state index in [0.29, 0.717) is 6.54 Å². The Morgan fingerprint density at radius 2 is 2.00 bits per heavy atom. The predicted octanol–water partition coefficient (Wildman–Crippen LogP) is 3.22. The maximum absolute atomic E-state index is 5.88. The number of hydrogen-bond donors (Lipinski definition) is 1. The summed E-state index contributed by atoms with van der Waals surface area (Å²) in [6.07, 6.45) is 0. The maximum atomic E-state index is 5.88. The topological polar surface area (TPSA) is 38.9 Å². The van der Waals surface area contributed by atoms with Gasteiger partial charge in [0.1, 0.15) is 5.01 Å². The van der Waals surface area contributed by atoms with Crippen molar-refractivity contribution in [3.8, 4) is 0 Å². The van der Waals surface area contributed by atoms with Gasteiger partial charge in [-0.2, -0.15) is 0 Å². The van der Waals surface area contributed by atoms with E-state index in [4.69, 9.17) is 5.73 Å². The van der Waals surface area contributed by atoms with Crippen LogP contribution in [0.1, 0.15) is 31.3 Å². The van der Waals surface area contributed by atoms with Crippen molar-refractivity contribution >= 4 is 22.7 Å². The van der Waals surface area contributed by atoms with Gasteiger partial charge in [0, 0.05) is 21.2 Å². The van der Waals surface area contributed by atoms with Crippen molar-refractivity contribution in [3.05, 3.63) is 37.5 Å². The lowest BCUT2D eigenvalue weighted by atomic mass is 10.1. The van der Waals surface area contributed by atoms with Gasteiger partial charge in [-0.3, -0.25) is 0 Å². The molecule has 16 heavy (non-hydrogen) atoms. The first-order valence-electron chi connectivity index (χ1n) is 5.32. The molecule has 2 rings (SSSR count). The van der Waals surface area contributed by atoms with Crippen LogP contribution in [0.4, 0.5) is 0 Å². The Kier molecular flexibility index (Phi) is 3.42. The minimum Gasteiger partial charge on any atom is -0.329 e. The standard InChI is InChI=1S/C12H16N2S2/c1-7-4-5-11(15-7)10(6-13)12-14-8(2)9(3)16-12/h4-5,10H,6,13H2,1-3H3. The highest BCUT2D eigenvalue weighted by Crippen LogP contribution is 2.32. The smallest absolute Gasteiger partial charge is 0.103 e. The number of rotatable bonds is 3. The van der Waals surface area contributed by atoms with E-state index in [1.807, 2.05) is 11.3 Å². The number of aromatic nitrogens is 1. The zero-order valence-corrected chi connectivity index (χ0v) is 11.4. The van der Waals surface area contributed by atoms with Gasteiger partial charge >= 0.3 is 0 Å². The second-order valence-electron chi connectivity index (χ2n) is 3.93. The first-order valence-corrected chi connectivity index (χ1v) is 6.95. The van der Waals surface area contributed by atoms with Crippen LogP contribution in [0.25, 0.3) is 0 Å². The molecule has 2 aromatic heterocycles. The molecule has 86 valence electrons. The molecule has 2 heterocycles. The van der Waals surface area contributed by atoms with Crippen LogP contribution in [0.3, 0.4) is 0 Å². The summed E-state index contributed by atoms with van der Waals surface area (Å²) in [7, 11) is 0. The maximum Gasteiger partial charge on any atom is 0.103 e. The molecular formula is C12H16N2S2. The third-order valence-electron chi connectivity index (χ3n) is 2.68. The molecule has 2 N–H and O–H groups in total. The second kappa shape index (κ2) is 4.65. The highest BCUT2D eigenvalue weighted by molar-refractivity contribution is 7.13. The average molecular weight is 252 g/mol. The molecule has 0 fully saturated rings. The first-order chi connectivity index (χ1) is 7.61. The molecule has 0 spiro atoms. The van der Waals surface area contributed by atoms with Gasteiger partial charge in [-0.1, -0.05) is 0 Å². The Bertz CT molecular complexity index is 465. The van der Waals surface area contributed by atoms with Crippen molar-refractivity contribution in [1.82, 2.24) is 4.98 Å². The van der Waals surface area contributed by atoms with E-state index in [1.165, 1.54) is 14.6 Å². The molecule has 0 saturated heterocycles. The summed E-state index contributed by atoms with van der Waals surface area (Å²) in [5.74, 6) is 0.274. The summed E-state index contributed by atoms with van der Waals surface area (Å²) in [5, 5.41) is 1.15. The van der Waals surface area contributed by atoms with E-state index in [2.05, 4.69) is 37.9 Å².